The molecular formula is C25H23N3O7S2. The molecule has 3 aromatic rings. The zero-order chi connectivity index (χ0) is 26.4. The molecule has 10 nitrogen and oxygen atoms in total. The van der Waals surface area contributed by atoms with E-state index in [1.54, 1.807) is 13.8 Å². The maximum atomic E-state index is 12.7. The van der Waals surface area contributed by atoms with E-state index in [1.165, 1.54) is 24.6 Å². The van der Waals surface area contributed by atoms with Gasteiger partial charge in [0.15, 0.2) is 11.5 Å². The Balaban J connectivity index is 1.59. The number of aromatic nitrogens is 1. The van der Waals surface area contributed by atoms with Crippen LogP contribution < -0.4 is 14.8 Å². The Bertz CT molecular complexity index is 1390. The molecule has 0 saturated carbocycles. The molecule has 0 spiro atoms. The van der Waals surface area contributed by atoms with Crippen LogP contribution in [-0.4, -0.2) is 50.6 Å². The number of benzene rings is 1. The number of esters is 2. The van der Waals surface area contributed by atoms with E-state index < -0.39 is 11.9 Å². The number of thiophene rings is 1. The monoisotopic (exact) mass is 541 g/mol. The molecule has 37 heavy (non-hydrogen) atoms. The van der Waals surface area contributed by atoms with E-state index in [0.717, 1.165) is 16.9 Å². The van der Waals surface area contributed by atoms with Crippen LogP contribution in [-0.2, 0) is 14.2 Å². The molecule has 0 amide bonds. The normalized spacial score (nSPS) is 12.2. The number of fused-ring (bicyclic) bond motifs is 1. The van der Waals surface area contributed by atoms with E-state index in [-0.39, 0.29) is 42.6 Å². The van der Waals surface area contributed by atoms with Crippen LogP contribution in [0, 0.1) is 18.3 Å². The van der Waals surface area contributed by atoms with Gasteiger partial charge in [0.25, 0.3) is 0 Å². The Morgan fingerprint density at radius 2 is 2.03 bits per heavy atom. The highest BCUT2D eigenvalue weighted by molar-refractivity contribution is 7.18. The van der Waals surface area contributed by atoms with E-state index in [0.29, 0.717) is 32.8 Å². The standard InChI is InChI=1S/C25H23N3O7S2/c1-4-32-24(29)20-14(2)21(25(30)33-8-7-31-3)37-23(20)27-11-16(10-26)22-28-17(12-36-22)15-5-6-18-19(9-15)35-13-34-18/h5-6,9,11-12,27H,4,7-8,13H2,1-3H3/b16-11-. The summed E-state index contributed by atoms with van der Waals surface area (Å²) in [7, 11) is 1.50. The van der Waals surface area contributed by atoms with Crippen LogP contribution in [0.2, 0.25) is 0 Å². The lowest BCUT2D eigenvalue weighted by Gasteiger charge is -2.05. The average Bonchev–Trinajstić information content (AvgIpc) is 3.63. The number of rotatable bonds is 10. The second kappa shape index (κ2) is 11.9. The number of hydrogen-bond acceptors (Lipinski definition) is 12. The van der Waals surface area contributed by atoms with Crippen LogP contribution in [0.15, 0.2) is 29.8 Å². The van der Waals surface area contributed by atoms with Crippen molar-refractivity contribution < 1.29 is 33.3 Å². The maximum absolute atomic E-state index is 12.7. The minimum Gasteiger partial charge on any atom is -0.462 e. The van der Waals surface area contributed by atoms with Crippen molar-refractivity contribution >= 4 is 45.2 Å². The minimum absolute atomic E-state index is 0.0818. The molecule has 3 heterocycles. The number of anilines is 1. The largest absolute Gasteiger partial charge is 0.462 e. The minimum atomic E-state index is -0.582. The van der Waals surface area contributed by atoms with Gasteiger partial charge in [-0.05, 0) is 37.6 Å². The van der Waals surface area contributed by atoms with Gasteiger partial charge in [-0.3, -0.25) is 0 Å². The zero-order valence-corrected chi connectivity index (χ0v) is 21.9. The summed E-state index contributed by atoms with van der Waals surface area (Å²) in [6.45, 7) is 4.02. The lowest BCUT2D eigenvalue weighted by atomic mass is 10.1. The number of nitrogens with one attached hydrogen (secondary N) is 1. The summed E-state index contributed by atoms with van der Waals surface area (Å²) in [6, 6.07) is 7.65. The number of nitrogens with zero attached hydrogens (tertiary/aromatic N) is 2. The maximum Gasteiger partial charge on any atom is 0.348 e. The van der Waals surface area contributed by atoms with Crippen LogP contribution >= 0.6 is 22.7 Å². The Morgan fingerprint density at radius 1 is 1.22 bits per heavy atom. The van der Waals surface area contributed by atoms with E-state index in [9.17, 15) is 14.9 Å². The van der Waals surface area contributed by atoms with Gasteiger partial charge >= 0.3 is 11.9 Å². The molecule has 0 aliphatic carbocycles. The third-order valence-corrected chi connectivity index (χ3v) is 7.28. The first-order chi connectivity index (χ1) is 18.0. The zero-order valence-electron chi connectivity index (χ0n) is 20.3. The first-order valence-corrected chi connectivity index (χ1v) is 12.9. The fourth-order valence-corrected chi connectivity index (χ4v) is 5.26. The van der Waals surface area contributed by atoms with Gasteiger partial charge in [0.2, 0.25) is 6.79 Å². The summed E-state index contributed by atoms with van der Waals surface area (Å²) < 4.78 is 26.1. The molecular weight excluding hydrogens is 518 g/mol. The molecule has 1 aliphatic heterocycles. The fourth-order valence-electron chi connectivity index (χ4n) is 3.41. The number of ether oxygens (including phenoxy) is 5. The van der Waals surface area contributed by atoms with Gasteiger partial charge in [-0.1, -0.05) is 0 Å². The molecule has 0 radical (unpaired) electrons. The number of carbonyl (C=O) groups is 2. The second-order valence-corrected chi connectivity index (χ2v) is 9.41. The number of hydrogen-bond donors (Lipinski definition) is 1. The highest BCUT2D eigenvalue weighted by atomic mass is 32.1. The number of thiazole rings is 1. The van der Waals surface area contributed by atoms with Gasteiger partial charge in [0.05, 0.1) is 24.5 Å². The topological polar surface area (TPSA) is 129 Å². The molecule has 1 aromatic carbocycles. The quantitative estimate of drug-likeness (QED) is 0.216. The smallest absolute Gasteiger partial charge is 0.348 e. The highest BCUT2D eigenvalue weighted by Crippen LogP contribution is 2.37. The van der Waals surface area contributed by atoms with Crippen molar-refractivity contribution in [2.45, 2.75) is 13.8 Å². The average molecular weight is 542 g/mol. The van der Waals surface area contributed by atoms with Gasteiger partial charge in [-0.2, -0.15) is 5.26 Å². The van der Waals surface area contributed by atoms with Crippen molar-refractivity contribution in [2.75, 3.05) is 39.0 Å². The van der Waals surface area contributed by atoms with Crippen LogP contribution in [0.5, 0.6) is 11.5 Å². The van der Waals surface area contributed by atoms with Gasteiger partial charge in [-0.25, -0.2) is 14.6 Å². The van der Waals surface area contributed by atoms with Crippen molar-refractivity contribution in [3.63, 3.8) is 0 Å². The predicted octanol–water partition coefficient (Wildman–Crippen LogP) is 4.87. The third kappa shape index (κ3) is 5.75. The van der Waals surface area contributed by atoms with Gasteiger partial charge in [0, 0.05) is 24.3 Å². The Morgan fingerprint density at radius 3 is 2.78 bits per heavy atom. The molecule has 0 unspecified atom stereocenters. The SMILES string of the molecule is CCOC(=O)c1c(N/C=C(/C#N)c2nc(-c3ccc4c(c3)OCO4)cs2)sc(C(=O)OCCOC)c1C. The molecule has 0 bridgehead atoms. The first kappa shape index (κ1) is 26.2. The number of carbonyl (C=O) groups excluding carboxylic acids is 2. The molecule has 192 valence electrons. The van der Waals surface area contributed by atoms with E-state index in [1.807, 2.05) is 23.6 Å². The van der Waals surface area contributed by atoms with E-state index in [4.69, 9.17) is 23.7 Å². The van der Waals surface area contributed by atoms with Gasteiger partial charge in [0.1, 0.15) is 33.1 Å². The summed E-state index contributed by atoms with van der Waals surface area (Å²) >= 11 is 2.34. The van der Waals surface area contributed by atoms with Crippen LogP contribution in [0.25, 0.3) is 16.8 Å². The van der Waals surface area contributed by atoms with Crippen molar-refractivity contribution in [1.82, 2.24) is 4.98 Å². The Labute approximate surface area is 221 Å². The molecule has 4 rings (SSSR count). The Kier molecular flexibility index (Phi) is 8.39. The summed E-state index contributed by atoms with van der Waals surface area (Å²) in [5.74, 6) is 0.157. The second-order valence-electron chi connectivity index (χ2n) is 7.53. The number of allylic oxidation sites excluding steroid dienone is 1. The first-order valence-electron chi connectivity index (χ1n) is 11.2. The summed E-state index contributed by atoms with van der Waals surface area (Å²) in [6.07, 6.45) is 1.45. The lowest BCUT2D eigenvalue weighted by Crippen LogP contribution is -2.11. The third-order valence-electron chi connectivity index (χ3n) is 5.20. The van der Waals surface area contributed by atoms with Crippen LogP contribution in [0.3, 0.4) is 0 Å². The van der Waals surface area contributed by atoms with Crippen molar-refractivity contribution in [2.24, 2.45) is 0 Å². The number of methoxy groups -OCH3 is 1. The molecule has 1 N–H and O–H groups in total. The van der Waals surface area contributed by atoms with Gasteiger partial charge < -0.3 is 29.0 Å². The highest BCUT2D eigenvalue weighted by Gasteiger charge is 2.26. The van der Waals surface area contributed by atoms with Crippen molar-refractivity contribution in [1.29, 1.82) is 5.26 Å². The molecule has 12 heteroatoms. The van der Waals surface area contributed by atoms with E-state index in [2.05, 4.69) is 16.4 Å². The molecule has 0 saturated heterocycles. The van der Waals surface area contributed by atoms with E-state index >= 15 is 0 Å². The summed E-state index contributed by atoms with van der Waals surface area (Å²) in [5, 5.41) is 15.5. The Hall–Kier alpha value is -3.92. The summed E-state index contributed by atoms with van der Waals surface area (Å²) in [5.41, 5.74) is 2.40. The number of nitriles is 1. The fraction of sp³-hybridized carbons (Fsp3) is 0.280. The molecule has 2 aromatic heterocycles. The van der Waals surface area contributed by atoms with Crippen LogP contribution in [0.4, 0.5) is 5.00 Å². The van der Waals surface area contributed by atoms with Crippen molar-refractivity contribution in [3.8, 4) is 28.8 Å². The molecule has 1 aliphatic rings. The summed E-state index contributed by atoms with van der Waals surface area (Å²) in [4.78, 5) is 30.1. The lowest BCUT2D eigenvalue weighted by molar-refractivity contribution is 0.0392. The molecule has 0 atom stereocenters. The van der Waals surface area contributed by atoms with Crippen molar-refractivity contribution in [3.05, 3.63) is 50.8 Å². The molecule has 0 fully saturated rings. The van der Waals surface area contributed by atoms with Gasteiger partial charge in [-0.15, -0.1) is 22.7 Å². The van der Waals surface area contributed by atoms with Crippen LogP contribution in [0.1, 0.15) is 37.5 Å². The predicted molar refractivity (Wildman–Crippen MR) is 138 cm³/mol.